The minimum Gasteiger partial charge on any atom is -0.404 e. The second-order valence-electron chi connectivity index (χ2n) is 4.67. The molecular weight excluding hydrogens is 201 g/mol. The Morgan fingerprint density at radius 2 is 2.00 bits per heavy atom. The Kier molecular flexibility index (Phi) is 3.21. The van der Waals surface area contributed by atoms with Crippen LogP contribution < -0.4 is 10.8 Å². The third-order valence-electron chi connectivity index (χ3n) is 2.57. The lowest BCUT2D eigenvalue weighted by Crippen LogP contribution is -2.34. The van der Waals surface area contributed by atoms with E-state index in [-0.39, 0.29) is 12.7 Å². The molecule has 0 amide bonds. The van der Waals surface area contributed by atoms with E-state index < -0.39 is 0 Å². The zero-order valence-electron chi connectivity index (χ0n) is 10.1. The molecule has 0 unspecified atom stereocenters. The molecule has 0 aromatic heterocycles. The minimum absolute atomic E-state index is 0.176. The van der Waals surface area contributed by atoms with E-state index in [1.165, 1.54) is 0 Å². The molecule has 1 aromatic carbocycles. The SMILES string of the molecule is CCNc1ccc(B2OCC(C)(C)O2)cc1. The maximum atomic E-state index is 5.79. The first-order chi connectivity index (χ1) is 7.61. The van der Waals surface area contributed by atoms with Crippen LogP contribution in [0.15, 0.2) is 24.3 Å². The molecule has 0 spiro atoms. The lowest BCUT2D eigenvalue weighted by molar-refractivity contribution is 0.137. The number of anilines is 1. The Hall–Kier alpha value is -0.995. The van der Waals surface area contributed by atoms with Gasteiger partial charge in [0.05, 0.1) is 12.2 Å². The van der Waals surface area contributed by atoms with Crippen LogP contribution in [0.4, 0.5) is 5.69 Å². The van der Waals surface area contributed by atoms with E-state index in [1.807, 2.05) is 26.0 Å². The van der Waals surface area contributed by atoms with Gasteiger partial charge in [0.15, 0.2) is 0 Å². The molecule has 4 heteroatoms. The first kappa shape index (κ1) is 11.5. The highest BCUT2D eigenvalue weighted by Crippen LogP contribution is 2.19. The van der Waals surface area contributed by atoms with Crippen LogP contribution in [0.1, 0.15) is 20.8 Å². The maximum Gasteiger partial charge on any atom is 0.494 e. The molecule has 2 rings (SSSR count). The van der Waals surface area contributed by atoms with E-state index in [4.69, 9.17) is 9.31 Å². The van der Waals surface area contributed by atoms with Gasteiger partial charge in [-0.2, -0.15) is 0 Å². The van der Waals surface area contributed by atoms with Crippen molar-refractivity contribution in [3.8, 4) is 0 Å². The van der Waals surface area contributed by atoms with Gasteiger partial charge in [0.25, 0.3) is 0 Å². The summed E-state index contributed by atoms with van der Waals surface area (Å²) in [6.07, 6.45) is 0. The van der Waals surface area contributed by atoms with Gasteiger partial charge in [0, 0.05) is 12.2 Å². The largest absolute Gasteiger partial charge is 0.494 e. The molecule has 1 aliphatic rings. The summed E-state index contributed by atoms with van der Waals surface area (Å²) in [6.45, 7) is 7.75. The van der Waals surface area contributed by atoms with Crippen LogP contribution in [0.5, 0.6) is 0 Å². The highest BCUT2D eigenvalue weighted by atomic mass is 16.7. The number of rotatable bonds is 3. The Balaban J connectivity index is 2.05. The topological polar surface area (TPSA) is 30.5 Å². The molecular formula is C12H18BNO2. The first-order valence-corrected chi connectivity index (χ1v) is 5.74. The lowest BCUT2D eigenvalue weighted by Gasteiger charge is -2.15. The zero-order chi connectivity index (χ0) is 11.6. The van der Waals surface area contributed by atoms with Crippen LogP contribution in [0.25, 0.3) is 0 Å². The van der Waals surface area contributed by atoms with E-state index >= 15 is 0 Å². The fourth-order valence-electron chi connectivity index (χ4n) is 1.76. The van der Waals surface area contributed by atoms with Gasteiger partial charge in [0.2, 0.25) is 0 Å². The molecule has 1 N–H and O–H groups in total. The molecule has 3 nitrogen and oxygen atoms in total. The molecule has 0 saturated carbocycles. The molecule has 0 atom stereocenters. The highest BCUT2D eigenvalue weighted by molar-refractivity contribution is 6.61. The number of benzene rings is 1. The minimum atomic E-state index is -0.217. The number of hydrogen-bond acceptors (Lipinski definition) is 3. The third-order valence-corrected chi connectivity index (χ3v) is 2.57. The molecule has 1 saturated heterocycles. The summed E-state index contributed by atoms with van der Waals surface area (Å²) in [5.41, 5.74) is 2.03. The van der Waals surface area contributed by atoms with Gasteiger partial charge in [0.1, 0.15) is 0 Å². The molecule has 0 bridgehead atoms. The zero-order valence-corrected chi connectivity index (χ0v) is 10.1. The van der Waals surface area contributed by atoms with E-state index in [1.54, 1.807) is 0 Å². The molecule has 0 radical (unpaired) electrons. The van der Waals surface area contributed by atoms with Crippen LogP contribution in [0.2, 0.25) is 0 Å². The summed E-state index contributed by atoms with van der Waals surface area (Å²) in [6, 6.07) is 8.20. The lowest BCUT2D eigenvalue weighted by atomic mass is 9.79. The van der Waals surface area contributed by atoms with Crippen molar-refractivity contribution in [1.82, 2.24) is 0 Å². The predicted octanol–water partition coefficient (Wildman–Crippen LogP) is 1.64. The third kappa shape index (κ3) is 2.57. The average Bonchev–Trinajstić information content (AvgIpc) is 2.61. The molecule has 16 heavy (non-hydrogen) atoms. The highest BCUT2D eigenvalue weighted by Gasteiger charge is 2.37. The summed E-state index contributed by atoms with van der Waals surface area (Å²) in [5, 5.41) is 3.26. The van der Waals surface area contributed by atoms with Crippen LogP contribution in [0, 0.1) is 0 Å². The van der Waals surface area contributed by atoms with E-state index in [0.29, 0.717) is 6.61 Å². The summed E-state index contributed by atoms with van der Waals surface area (Å²) in [5.74, 6) is 0. The standard InChI is InChI=1S/C12H18BNO2/c1-4-14-11-7-5-10(6-8-11)13-15-9-12(2,3)16-13/h5-8,14H,4,9H2,1-3H3. The van der Waals surface area contributed by atoms with Crippen molar-refractivity contribution >= 4 is 18.3 Å². The maximum absolute atomic E-state index is 5.79. The van der Waals surface area contributed by atoms with Gasteiger partial charge in [-0.15, -0.1) is 0 Å². The van der Waals surface area contributed by atoms with Crippen LogP contribution >= 0.6 is 0 Å². The van der Waals surface area contributed by atoms with Crippen molar-refractivity contribution in [2.75, 3.05) is 18.5 Å². The van der Waals surface area contributed by atoms with Gasteiger partial charge in [-0.1, -0.05) is 12.1 Å². The summed E-state index contributed by atoms with van der Waals surface area (Å²) >= 11 is 0. The van der Waals surface area contributed by atoms with Gasteiger partial charge < -0.3 is 14.6 Å². The van der Waals surface area contributed by atoms with Crippen LogP contribution in [-0.2, 0) is 9.31 Å². The monoisotopic (exact) mass is 219 g/mol. The van der Waals surface area contributed by atoms with Crippen molar-refractivity contribution in [3.05, 3.63) is 24.3 Å². The van der Waals surface area contributed by atoms with Crippen molar-refractivity contribution in [1.29, 1.82) is 0 Å². The molecule has 0 aliphatic carbocycles. The van der Waals surface area contributed by atoms with Crippen LogP contribution in [0.3, 0.4) is 0 Å². The Labute approximate surface area is 97.3 Å². The molecule has 1 heterocycles. The van der Waals surface area contributed by atoms with Crippen molar-refractivity contribution in [2.45, 2.75) is 26.4 Å². The smallest absolute Gasteiger partial charge is 0.404 e. The van der Waals surface area contributed by atoms with E-state index in [9.17, 15) is 0 Å². The molecule has 1 fully saturated rings. The first-order valence-electron chi connectivity index (χ1n) is 5.74. The second-order valence-corrected chi connectivity index (χ2v) is 4.67. The summed E-state index contributed by atoms with van der Waals surface area (Å²) in [4.78, 5) is 0. The molecule has 1 aliphatic heterocycles. The van der Waals surface area contributed by atoms with Gasteiger partial charge in [-0.3, -0.25) is 0 Å². The fourth-order valence-corrected chi connectivity index (χ4v) is 1.76. The average molecular weight is 219 g/mol. The van der Waals surface area contributed by atoms with Crippen molar-refractivity contribution in [2.24, 2.45) is 0 Å². The molecule has 1 aromatic rings. The van der Waals surface area contributed by atoms with Gasteiger partial charge in [-0.25, -0.2) is 0 Å². The van der Waals surface area contributed by atoms with Crippen molar-refractivity contribution in [3.63, 3.8) is 0 Å². The Morgan fingerprint density at radius 1 is 1.31 bits per heavy atom. The van der Waals surface area contributed by atoms with Gasteiger partial charge >= 0.3 is 7.12 Å². The number of hydrogen-bond donors (Lipinski definition) is 1. The van der Waals surface area contributed by atoms with Crippen LogP contribution in [-0.4, -0.2) is 25.9 Å². The normalized spacial score (nSPS) is 18.8. The molecule has 86 valence electrons. The number of nitrogens with one attached hydrogen (secondary N) is 1. The quantitative estimate of drug-likeness (QED) is 0.784. The summed E-state index contributed by atoms with van der Waals surface area (Å²) in [7, 11) is -0.217. The van der Waals surface area contributed by atoms with E-state index in [2.05, 4.69) is 24.4 Å². The van der Waals surface area contributed by atoms with E-state index in [0.717, 1.165) is 17.7 Å². The predicted molar refractivity (Wildman–Crippen MR) is 67.1 cm³/mol. The summed E-state index contributed by atoms with van der Waals surface area (Å²) < 4.78 is 11.4. The second kappa shape index (κ2) is 4.48. The Morgan fingerprint density at radius 3 is 2.50 bits per heavy atom. The Bertz CT molecular complexity index is 351. The van der Waals surface area contributed by atoms with Crippen molar-refractivity contribution < 1.29 is 9.31 Å². The van der Waals surface area contributed by atoms with Gasteiger partial charge in [-0.05, 0) is 38.4 Å². The fraction of sp³-hybridized carbons (Fsp3) is 0.500.